The Morgan fingerprint density at radius 1 is 1.38 bits per heavy atom. The molecular weight excluding hydrogens is 210 g/mol. The van der Waals surface area contributed by atoms with Crippen LogP contribution in [-0.2, 0) is 0 Å². The molecule has 1 amide bonds. The minimum atomic E-state index is -0.464. The van der Waals surface area contributed by atoms with Gasteiger partial charge in [0.05, 0.1) is 6.10 Å². The van der Waals surface area contributed by atoms with Crippen molar-refractivity contribution in [3.8, 4) is 11.5 Å². The summed E-state index contributed by atoms with van der Waals surface area (Å²) in [5.74, 6) is -0.945. The van der Waals surface area contributed by atoms with Crippen LogP contribution in [0.25, 0.3) is 0 Å². The van der Waals surface area contributed by atoms with Gasteiger partial charge in [0, 0.05) is 12.1 Å². The molecule has 88 valence electrons. The van der Waals surface area contributed by atoms with E-state index < -0.39 is 6.10 Å². The first-order valence-electron chi connectivity index (χ1n) is 4.99. The molecule has 5 heteroatoms. The van der Waals surface area contributed by atoms with Crippen molar-refractivity contribution >= 4 is 5.91 Å². The van der Waals surface area contributed by atoms with Gasteiger partial charge in [0.2, 0.25) is 0 Å². The summed E-state index contributed by atoms with van der Waals surface area (Å²) in [5.41, 5.74) is 0.265. The molecule has 0 aliphatic rings. The third-order valence-electron chi connectivity index (χ3n) is 2.09. The Balaban J connectivity index is 2.56. The molecule has 1 atom stereocenters. The van der Waals surface area contributed by atoms with Crippen molar-refractivity contribution in [1.29, 1.82) is 0 Å². The van der Waals surface area contributed by atoms with Crippen LogP contribution in [0.5, 0.6) is 11.5 Å². The Kier molecular flexibility index (Phi) is 4.13. The number of hydrogen-bond acceptors (Lipinski definition) is 4. The Morgan fingerprint density at radius 2 is 2.06 bits per heavy atom. The predicted octanol–water partition coefficient (Wildman–Crippen LogP) is 0.599. The van der Waals surface area contributed by atoms with Gasteiger partial charge in [-0.2, -0.15) is 0 Å². The first-order valence-corrected chi connectivity index (χ1v) is 4.99. The van der Waals surface area contributed by atoms with Crippen LogP contribution in [-0.4, -0.2) is 33.9 Å². The molecule has 0 bridgehead atoms. The quantitative estimate of drug-likeness (QED) is 0.565. The summed E-state index contributed by atoms with van der Waals surface area (Å²) in [6.07, 6.45) is 0.00373. The average molecular weight is 225 g/mol. The molecule has 0 aliphatic carbocycles. The Hall–Kier alpha value is -1.75. The third kappa shape index (κ3) is 3.43. The number of rotatable bonds is 4. The van der Waals surface area contributed by atoms with E-state index in [4.69, 9.17) is 10.2 Å². The molecule has 1 aromatic rings. The number of phenols is 2. The summed E-state index contributed by atoms with van der Waals surface area (Å²) in [4.78, 5) is 11.5. The summed E-state index contributed by atoms with van der Waals surface area (Å²) < 4.78 is 0. The summed E-state index contributed by atoms with van der Waals surface area (Å²) in [5, 5.41) is 29.8. The van der Waals surface area contributed by atoms with Gasteiger partial charge in [-0.25, -0.2) is 0 Å². The van der Waals surface area contributed by atoms with E-state index in [1.807, 2.05) is 0 Å². The molecule has 1 unspecified atom stereocenters. The Bertz CT molecular complexity index is 376. The Labute approximate surface area is 93.4 Å². The highest BCUT2D eigenvalue weighted by atomic mass is 16.3. The van der Waals surface area contributed by atoms with E-state index in [-0.39, 0.29) is 23.0 Å². The highest BCUT2D eigenvalue weighted by Crippen LogP contribution is 2.24. The van der Waals surface area contributed by atoms with Gasteiger partial charge in [0.15, 0.2) is 11.5 Å². The minimum Gasteiger partial charge on any atom is -0.504 e. The normalized spacial score (nSPS) is 12.1. The largest absolute Gasteiger partial charge is 0.504 e. The second kappa shape index (κ2) is 5.37. The molecule has 0 aromatic heterocycles. The number of aliphatic hydroxyl groups is 1. The van der Waals surface area contributed by atoms with Crippen LogP contribution in [0.4, 0.5) is 0 Å². The van der Waals surface area contributed by atoms with Gasteiger partial charge in [0.1, 0.15) is 0 Å². The number of phenolic OH excluding ortho intramolecular Hbond substituents is 2. The predicted molar refractivity (Wildman–Crippen MR) is 58.4 cm³/mol. The van der Waals surface area contributed by atoms with E-state index >= 15 is 0 Å². The number of hydrogen-bond donors (Lipinski definition) is 4. The summed E-state index contributed by atoms with van der Waals surface area (Å²) in [7, 11) is 0. The van der Waals surface area contributed by atoms with Crippen molar-refractivity contribution < 1.29 is 20.1 Å². The van der Waals surface area contributed by atoms with Gasteiger partial charge >= 0.3 is 0 Å². The molecule has 0 radical (unpaired) electrons. The van der Waals surface area contributed by atoms with Crippen LogP contribution in [0, 0.1) is 0 Å². The highest BCUT2D eigenvalue weighted by molar-refractivity contribution is 5.94. The smallest absolute Gasteiger partial charge is 0.251 e. The molecule has 4 N–H and O–H groups in total. The maximum Gasteiger partial charge on any atom is 0.251 e. The zero-order valence-electron chi connectivity index (χ0n) is 8.97. The number of benzene rings is 1. The van der Waals surface area contributed by atoms with Crippen LogP contribution in [0.1, 0.15) is 23.7 Å². The number of carbonyl (C=O) groups is 1. The van der Waals surface area contributed by atoms with E-state index in [0.717, 1.165) is 0 Å². The summed E-state index contributed by atoms with van der Waals surface area (Å²) in [6.45, 7) is 2.00. The highest BCUT2D eigenvalue weighted by Gasteiger charge is 2.08. The van der Waals surface area contributed by atoms with Crippen LogP contribution in [0.2, 0.25) is 0 Å². The minimum absolute atomic E-state index is 0.263. The lowest BCUT2D eigenvalue weighted by atomic mass is 10.2. The summed E-state index contributed by atoms with van der Waals surface area (Å²) in [6, 6.07) is 3.85. The molecule has 1 aromatic carbocycles. The number of aromatic hydroxyl groups is 2. The molecule has 16 heavy (non-hydrogen) atoms. The second-order valence-electron chi connectivity index (χ2n) is 3.60. The number of nitrogens with one attached hydrogen (secondary N) is 1. The molecular formula is C11H15NO4. The van der Waals surface area contributed by atoms with Crippen molar-refractivity contribution in [2.45, 2.75) is 19.4 Å². The van der Waals surface area contributed by atoms with Crippen LogP contribution >= 0.6 is 0 Å². The van der Waals surface area contributed by atoms with Gasteiger partial charge in [-0.3, -0.25) is 4.79 Å². The second-order valence-corrected chi connectivity index (χ2v) is 3.60. The lowest BCUT2D eigenvalue weighted by Gasteiger charge is -2.07. The SMILES string of the molecule is CC(O)CCNC(=O)c1ccc(O)c(O)c1. The lowest BCUT2D eigenvalue weighted by molar-refractivity contribution is 0.0945. The molecule has 0 spiro atoms. The van der Waals surface area contributed by atoms with Crippen LogP contribution in [0.3, 0.4) is 0 Å². The van der Waals surface area contributed by atoms with E-state index in [2.05, 4.69) is 5.32 Å². The maximum absolute atomic E-state index is 11.5. The fourth-order valence-electron chi connectivity index (χ4n) is 1.16. The van der Waals surface area contributed by atoms with Crippen LogP contribution < -0.4 is 5.32 Å². The monoisotopic (exact) mass is 225 g/mol. The third-order valence-corrected chi connectivity index (χ3v) is 2.09. The molecule has 1 rings (SSSR count). The molecule has 0 saturated carbocycles. The number of aliphatic hydroxyl groups excluding tert-OH is 1. The first-order chi connectivity index (χ1) is 7.50. The van der Waals surface area contributed by atoms with Crippen molar-refractivity contribution in [3.63, 3.8) is 0 Å². The van der Waals surface area contributed by atoms with Crippen molar-refractivity contribution in [2.24, 2.45) is 0 Å². The van der Waals surface area contributed by atoms with Crippen LogP contribution in [0.15, 0.2) is 18.2 Å². The molecule has 0 fully saturated rings. The standard InChI is InChI=1S/C11H15NO4/c1-7(13)4-5-12-11(16)8-2-3-9(14)10(15)6-8/h2-3,6-7,13-15H,4-5H2,1H3,(H,12,16). The fraction of sp³-hybridized carbons (Fsp3) is 0.364. The van der Waals surface area contributed by atoms with Gasteiger partial charge in [-0.15, -0.1) is 0 Å². The molecule has 0 aliphatic heterocycles. The topological polar surface area (TPSA) is 89.8 Å². The molecule has 0 saturated heterocycles. The Morgan fingerprint density at radius 3 is 2.62 bits per heavy atom. The number of amides is 1. The van der Waals surface area contributed by atoms with E-state index in [9.17, 15) is 9.90 Å². The van der Waals surface area contributed by atoms with Gasteiger partial charge in [-0.1, -0.05) is 0 Å². The fourth-order valence-corrected chi connectivity index (χ4v) is 1.16. The number of carbonyl (C=O) groups excluding carboxylic acids is 1. The van der Waals surface area contributed by atoms with Gasteiger partial charge in [0.25, 0.3) is 5.91 Å². The molecule has 0 heterocycles. The van der Waals surface area contributed by atoms with Crippen molar-refractivity contribution in [3.05, 3.63) is 23.8 Å². The van der Waals surface area contributed by atoms with Crippen molar-refractivity contribution in [2.75, 3.05) is 6.54 Å². The maximum atomic E-state index is 11.5. The van der Waals surface area contributed by atoms with Gasteiger partial charge in [-0.05, 0) is 31.5 Å². The zero-order valence-corrected chi connectivity index (χ0v) is 8.97. The summed E-state index contributed by atoms with van der Waals surface area (Å²) >= 11 is 0. The molecule has 5 nitrogen and oxygen atoms in total. The van der Waals surface area contributed by atoms with E-state index in [0.29, 0.717) is 13.0 Å². The zero-order chi connectivity index (χ0) is 12.1. The first kappa shape index (κ1) is 12.3. The average Bonchev–Trinajstić information content (AvgIpc) is 2.21. The van der Waals surface area contributed by atoms with Gasteiger partial charge < -0.3 is 20.6 Å². The lowest BCUT2D eigenvalue weighted by Crippen LogP contribution is -2.26. The van der Waals surface area contributed by atoms with E-state index in [1.165, 1.54) is 18.2 Å². The van der Waals surface area contributed by atoms with E-state index in [1.54, 1.807) is 6.92 Å². The van der Waals surface area contributed by atoms with Crippen molar-refractivity contribution in [1.82, 2.24) is 5.32 Å².